The van der Waals surface area contributed by atoms with Crippen LogP contribution in [0.15, 0.2) is 57.8 Å². The maximum absolute atomic E-state index is 13.8. The van der Waals surface area contributed by atoms with Crippen molar-refractivity contribution in [3.63, 3.8) is 0 Å². The van der Waals surface area contributed by atoms with Gasteiger partial charge in [-0.1, -0.05) is 52.0 Å². The van der Waals surface area contributed by atoms with E-state index < -0.39 is 0 Å². The Hall–Kier alpha value is -2.75. The zero-order chi connectivity index (χ0) is 25.8. The molecule has 2 aromatic heterocycles. The summed E-state index contributed by atoms with van der Waals surface area (Å²) >= 11 is 0. The van der Waals surface area contributed by atoms with Crippen molar-refractivity contribution >= 4 is 52.1 Å². The predicted octanol–water partition coefficient (Wildman–Crippen LogP) is 6.56. The van der Waals surface area contributed by atoms with Gasteiger partial charge in [0.25, 0.3) is 5.78 Å². The summed E-state index contributed by atoms with van der Waals surface area (Å²) in [4.78, 5) is 18.2. The second-order valence-electron chi connectivity index (χ2n) is 8.78. The van der Waals surface area contributed by atoms with Crippen LogP contribution in [0.3, 0.4) is 0 Å². The highest BCUT2D eigenvalue weighted by molar-refractivity contribution is 6.20. The van der Waals surface area contributed by atoms with Gasteiger partial charge in [0.05, 0.1) is 23.3 Å². The fraction of sp³-hybridized carbons (Fsp3) is 0.414. The maximum atomic E-state index is 13.8. The molecule has 0 saturated heterocycles. The van der Waals surface area contributed by atoms with Crippen LogP contribution in [0.1, 0.15) is 57.9 Å². The summed E-state index contributed by atoms with van der Waals surface area (Å²) in [5.41, 5.74) is 0. The number of fused-ring (bicyclic) bond motifs is 2. The summed E-state index contributed by atoms with van der Waals surface area (Å²) in [5.74, 6) is 1.24. The molecule has 216 valence electrons. The summed E-state index contributed by atoms with van der Waals surface area (Å²) in [6.07, 6.45) is 2.86. The molecule has 39 heavy (non-hydrogen) atoms. The van der Waals surface area contributed by atoms with E-state index in [0.717, 1.165) is 37.0 Å². The van der Waals surface area contributed by atoms with E-state index in [1.165, 1.54) is 0 Å². The molecule has 0 saturated carbocycles. The first kappa shape index (κ1) is 34.3. The molecule has 8 nitrogen and oxygen atoms in total. The summed E-state index contributed by atoms with van der Waals surface area (Å²) < 4.78 is 24.3. The fourth-order valence-corrected chi connectivity index (χ4v) is 4.77. The molecular formula is C29H40Cl2N2O6. The van der Waals surface area contributed by atoms with E-state index in [1.807, 2.05) is 50.2 Å². The first-order valence-electron chi connectivity index (χ1n) is 12.8. The van der Waals surface area contributed by atoms with Crippen LogP contribution in [0.2, 0.25) is 0 Å². The van der Waals surface area contributed by atoms with Crippen LogP contribution in [0.5, 0.6) is 11.5 Å². The van der Waals surface area contributed by atoms with Crippen molar-refractivity contribution in [1.82, 2.24) is 9.80 Å². The van der Waals surface area contributed by atoms with Crippen LogP contribution in [0.25, 0.3) is 21.5 Å². The van der Waals surface area contributed by atoms with Crippen LogP contribution >= 0.6 is 24.8 Å². The van der Waals surface area contributed by atoms with E-state index in [0.29, 0.717) is 22.3 Å². The average Bonchev–Trinajstić information content (AvgIpc) is 3.51. The number of nitrogens with zero attached hydrogens (tertiary/aromatic N) is 2. The maximum Gasteiger partial charge on any atom is 0.264 e. The van der Waals surface area contributed by atoms with Gasteiger partial charge >= 0.3 is 0 Å². The summed E-state index contributed by atoms with van der Waals surface area (Å²) in [6.45, 7) is 15.8. The number of carbonyl (C=O) groups excluding carboxylic acids is 1. The van der Waals surface area contributed by atoms with Gasteiger partial charge in [-0.25, -0.2) is 0 Å². The molecule has 0 aliphatic carbocycles. The zero-order valence-corrected chi connectivity index (χ0v) is 25.0. The van der Waals surface area contributed by atoms with Crippen LogP contribution in [-0.2, 0) is 0 Å². The van der Waals surface area contributed by atoms with Gasteiger partial charge in [0, 0.05) is 10.8 Å². The van der Waals surface area contributed by atoms with Gasteiger partial charge in [0.2, 0.25) is 0 Å². The van der Waals surface area contributed by atoms with Crippen LogP contribution in [0, 0.1) is 0 Å². The molecule has 4 aromatic rings. The Labute approximate surface area is 242 Å². The predicted molar refractivity (Wildman–Crippen MR) is 160 cm³/mol. The number of carbonyl (C=O) groups is 1. The lowest BCUT2D eigenvalue weighted by Crippen LogP contribution is -2.36. The third-order valence-corrected chi connectivity index (χ3v) is 6.84. The quantitative estimate of drug-likeness (QED) is 0.138. The molecule has 2 heterocycles. The molecule has 10 heteroatoms. The number of hydrogen-bond donors (Lipinski definition) is 0. The van der Waals surface area contributed by atoms with Gasteiger partial charge < -0.3 is 23.8 Å². The Morgan fingerprint density at radius 1 is 0.718 bits per heavy atom. The van der Waals surface area contributed by atoms with Gasteiger partial charge in [-0.05, 0) is 52.2 Å². The molecule has 0 aliphatic rings. The molecule has 2 aromatic carbocycles. The van der Waals surface area contributed by atoms with Gasteiger partial charge in [0.1, 0.15) is 24.0 Å². The minimum Gasteiger partial charge on any atom is -0.475 e. The van der Waals surface area contributed by atoms with Crippen molar-refractivity contribution in [3.8, 4) is 11.5 Å². The molecule has 0 fully saturated rings. The van der Waals surface area contributed by atoms with Crippen molar-refractivity contribution in [2.24, 2.45) is 0 Å². The van der Waals surface area contributed by atoms with Crippen molar-refractivity contribution in [3.05, 3.63) is 60.4 Å². The summed E-state index contributed by atoms with van der Waals surface area (Å²) in [6, 6.07) is 11.4. The Bertz CT molecular complexity index is 1230. The number of halogens is 2. The molecule has 2 atom stereocenters. The number of benzene rings is 2. The standard InChI is InChI=1S/C29H36N2O5.2ClH.H2O/c1-7-30(8-2)19(5)35-23-15-11-13-21-17-33-28(25(21)23)27(32)29-26-22(18-34-29)14-12-16-24(26)36-20(6)31(9-3)10-4;;;/h11-20H,7-10H2,1-6H3;2*1H;1H2. The lowest BCUT2D eigenvalue weighted by molar-refractivity contribution is 0.0492. The topological polar surface area (TPSA) is 99.8 Å². The smallest absolute Gasteiger partial charge is 0.264 e. The van der Waals surface area contributed by atoms with Crippen LogP contribution in [0.4, 0.5) is 0 Å². The normalized spacial score (nSPS) is 12.5. The van der Waals surface area contributed by atoms with Crippen molar-refractivity contribution < 1.29 is 28.6 Å². The summed E-state index contributed by atoms with van der Waals surface area (Å²) in [5, 5.41) is 2.87. The Morgan fingerprint density at radius 2 is 1.08 bits per heavy atom. The lowest BCUT2D eigenvalue weighted by atomic mass is 10.1. The second-order valence-corrected chi connectivity index (χ2v) is 8.78. The minimum absolute atomic E-state index is 0. The first-order chi connectivity index (χ1) is 17.4. The van der Waals surface area contributed by atoms with Crippen LogP contribution in [-0.4, -0.2) is 59.7 Å². The number of furan rings is 2. The van der Waals surface area contributed by atoms with Crippen molar-refractivity contribution in [2.75, 3.05) is 26.2 Å². The van der Waals surface area contributed by atoms with E-state index >= 15 is 0 Å². The third-order valence-electron chi connectivity index (χ3n) is 6.84. The highest BCUT2D eigenvalue weighted by atomic mass is 35.5. The molecule has 0 radical (unpaired) electrons. The largest absolute Gasteiger partial charge is 0.475 e. The van der Waals surface area contributed by atoms with Crippen molar-refractivity contribution in [1.29, 1.82) is 0 Å². The van der Waals surface area contributed by atoms with Gasteiger partial charge in [0.15, 0.2) is 11.5 Å². The molecule has 0 bridgehead atoms. The fourth-order valence-electron chi connectivity index (χ4n) is 4.77. The number of hydrogen-bond acceptors (Lipinski definition) is 7. The van der Waals surface area contributed by atoms with E-state index in [-0.39, 0.29) is 60.0 Å². The second kappa shape index (κ2) is 15.1. The summed E-state index contributed by atoms with van der Waals surface area (Å²) in [7, 11) is 0. The van der Waals surface area contributed by atoms with E-state index in [1.54, 1.807) is 12.5 Å². The Kier molecular flexibility index (Phi) is 13.3. The average molecular weight is 584 g/mol. The Balaban J connectivity index is 0.00000253. The SMILES string of the molecule is CCN(CC)C(C)Oc1cccc2coc(C(=O)c3occ4cccc(OC(C)N(CC)CC)c34)c12.Cl.Cl.O. The zero-order valence-electron chi connectivity index (χ0n) is 23.4. The van der Waals surface area contributed by atoms with Crippen molar-refractivity contribution in [2.45, 2.75) is 54.0 Å². The van der Waals surface area contributed by atoms with E-state index in [4.69, 9.17) is 18.3 Å². The molecule has 4 rings (SSSR count). The van der Waals surface area contributed by atoms with E-state index in [9.17, 15) is 4.79 Å². The molecule has 2 N–H and O–H groups in total. The highest BCUT2D eigenvalue weighted by Gasteiger charge is 2.27. The molecular weight excluding hydrogens is 543 g/mol. The third kappa shape index (κ3) is 6.88. The lowest BCUT2D eigenvalue weighted by Gasteiger charge is -2.27. The first-order valence-corrected chi connectivity index (χ1v) is 12.8. The minimum atomic E-state index is -0.349. The molecule has 2 unspecified atom stereocenters. The van der Waals surface area contributed by atoms with Gasteiger partial charge in [-0.15, -0.1) is 24.8 Å². The number of ether oxygens (including phenoxy) is 2. The van der Waals surface area contributed by atoms with Gasteiger partial charge in [-0.2, -0.15) is 0 Å². The van der Waals surface area contributed by atoms with E-state index in [2.05, 4.69) is 37.5 Å². The highest BCUT2D eigenvalue weighted by Crippen LogP contribution is 2.37. The molecule has 0 spiro atoms. The molecule has 0 amide bonds. The molecule has 0 aliphatic heterocycles. The number of rotatable bonds is 12. The monoisotopic (exact) mass is 582 g/mol. The Morgan fingerprint density at radius 3 is 1.41 bits per heavy atom. The van der Waals surface area contributed by atoms with Gasteiger partial charge in [-0.3, -0.25) is 14.6 Å². The number of ketones is 1. The van der Waals surface area contributed by atoms with Crippen LogP contribution < -0.4 is 9.47 Å².